The highest BCUT2D eigenvalue weighted by molar-refractivity contribution is 4.76. The maximum absolute atomic E-state index is 5.70. The molecule has 4 nitrogen and oxygen atoms in total. The molecule has 0 aromatic carbocycles. The lowest BCUT2D eigenvalue weighted by molar-refractivity contribution is -0.0411. The molecule has 0 saturated carbocycles. The Labute approximate surface area is 98.3 Å². The van der Waals surface area contributed by atoms with E-state index in [1.54, 1.807) is 0 Å². The fraction of sp³-hybridized carbons (Fsp3) is 1.00. The van der Waals surface area contributed by atoms with Crippen LogP contribution in [0.3, 0.4) is 0 Å². The van der Waals surface area contributed by atoms with Gasteiger partial charge in [-0.3, -0.25) is 4.90 Å². The zero-order valence-corrected chi connectivity index (χ0v) is 10.3. The van der Waals surface area contributed by atoms with Gasteiger partial charge in [-0.25, -0.2) is 0 Å². The minimum absolute atomic E-state index is 0.364. The van der Waals surface area contributed by atoms with E-state index in [1.165, 1.54) is 19.4 Å². The van der Waals surface area contributed by atoms with Crippen LogP contribution in [0.2, 0.25) is 0 Å². The van der Waals surface area contributed by atoms with Crippen LogP contribution in [0.25, 0.3) is 0 Å². The van der Waals surface area contributed by atoms with E-state index in [9.17, 15) is 0 Å². The number of hydrogen-bond acceptors (Lipinski definition) is 4. The lowest BCUT2D eigenvalue weighted by Gasteiger charge is -2.35. The molecule has 16 heavy (non-hydrogen) atoms. The number of morpholine rings is 1. The van der Waals surface area contributed by atoms with Gasteiger partial charge in [-0.2, -0.15) is 0 Å². The molecule has 4 heteroatoms. The van der Waals surface area contributed by atoms with Crippen molar-refractivity contribution in [1.29, 1.82) is 0 Å². The highest BCUT2D eigenvalue weighted by Gasteiger charge is 2.23. The minimum Gasteiger partial charge on any atom is -0.381 e. The van der Waals surface area contributed by atoms with Gasteiger partial charge in [0.05, 0.1) is 19.3 Å². The maximum Gasteiger partial charge on any atom is 0.0826 e. The summed E-state index contributed by atoms with van der Waals surface area (Å²) in [5, 5.41) is 3.19. The van der Waals surface area contributed by atoms with Gasteiger partial charge in [-0.15, -0.1) is 0 Å². The molecular formula is C12H24N2O2. The Morgan fingerprint density at radius 1 is 1.38 bits per heavy atom. The van der Waals surface area contributed by atoms with Crippen molar-refractivity contribution in [3.8, 4) is 0 Å². The topological polar surface area (TPSA) is 33.7 Å². The van der Waals surface area contributed by atoms with Gasteiger partial charge in [0.2, 0.25) is 0 Å². The average Bonchev–Trinajstić information content (AvgIpc) is 2.31. The predicted octanol–water partition coefficient (Wildman–Crippen LogP) is 0.333. The van der Waals surface area contributed by atoms with Crippen LogP contribution in [-0.2, 0) is 9.47 Å². The van der Waals surface area contributed by atoms with E-state index in [2.05, 4.69) is 10.2 Å². The molecule has 2 aliphatic rings. The summed E-state index contributed by atoms with van der Waals surface area (Å²) in [6, 6.07) is 0. The molecule has 2 aliphatic heterocycles. The number of rotatable bonds is 4. The molecule has 0 radical (unpaired) electrons. The Bertz CT molecular complexity index is 193. The first kappa shape index (κ1) is 12.3. The van der Waals surface area contributed by atoms with Crippen LogP contribution < -0.4 is 5.32 Å². The van der Waals surface area contributed by atoms with Crippen molar-refractivity contribution in [2.24, 2.45) is 5.92 Å². The quantitative estimate of drug-likeness (QED) is 0.752. The largest absolute Gasteiger partial charge is 0.381 e. The number of likely N-dealkylation sites (N-methyl/N-ethyl adjacent to an activating group) is 1. The maximum atomic E-state index is 5.70. The molecule has 1 N–H and O–H groups in total. The van der Waals surface area contributed by atoms with Crippen LogP contribution in [-0.4, -0.2) is 64.1 Å². The van der Waals surface area contributed by atoms with Crippen LogP contribution in [0.15, 0.2) is 0 Å². The molecule has 2 rings (SSSR count). The third kappa shape index (κ3) is 3.70. The second kappa shape index (κ2) is 6.55. The third-order valence-corrected chi connectivity index (χ3v) is 3.43. The first-order valence-corrected chi connectivity index (χ1v) is 6.45. The number of hydrogen-bond donors (Lipinski definition) is 1. The summed E-state index contributed by atoms with van der Waals surface area (Å²) < 4.78 is 11.2. The summed E-state index contributed by atoms with van der Waals surface area (Å²) in [7, 11) is 1.98. The van der Waals surface area contributed by atoms with Gasteiger partial charge in [0.1, 0.15) is 0 Å². The van der Waals surface area contributed by atoms with Crippen molar-refractivity contribution < 1.29 is 9.47 Å². The van der Waals surface area contributed by atoms with Gasteiger partial charge in [-0.05, 0) is 25.8 Å². The molecule has 2 fully saturated rings. The summed E-state index contributed by atoms with van der Waals surface area (Å²) in [5.41, 5.74) is 0. The molecule has 0 aromatic rings. The van der Waals surface area contributed by atoms with Crippen molar-refractivity contribution in [3.05, 3.63) is 0 Å². The molecule has 0 aromatic heterocycles. The smallest absolute Gasteiger partial charge is 0.0826 e. The first-order chi connectivity index (χ1) is 7.88. The molecule has 0 amide bonds. The summed E-state index contributed by atoms with van der Waals surface area (Å²) in [6.07, 6.45) is 2.92. The normalized spacial score (nSPS) is 32.8. The van der Waals surface area contributed by atoms with Gasteiger partial charge < -0.3 is 14.8 Å². The summed E-state index contributed by atoms with van der Waals surface area (Å²) in [6.45, 7) is 7.07. The SMILES string of the molecule is CNCC1CN(CC2CCCOC2)CCO1. The molecule has 0 spiro atoms. The summed E-state index contributed by atoms with van der Waals surface area (Å²) >= 11 is 0. The molecule has 0 bridgehead atoms. The van der Waals surface area contributed by atoms with Crippen LogP contribution >= 0.6 is 0 Å². The zero-order chi connectivity index (χ0) is 11.2. The van der Waals surface area contributed by atoms with E-state index < -0.39 is 0 Å². The van der Waals surface area contributed by atoms with Crippen molar-refractivity contribution in [2.45, 2.75) is 18.9 Å². The van der Waals surface area contributed by atoms with Crippen LogP contribution in [0.4, 0.5) is 0 Å². The summed E-state index contributed by atoms with van der Waals surface area (Å²) in [5.74, 6) is 0.738. The molecule has 0 aliphatic carbocycles. The van der Waals surface area contributed by atoms with Crippen molar-refractivity contribution >= 4 is 0 Å². The van der Waals surface area contributed by atoms with Gasteiger partial charge in [-0.1, -0.05) is 0 Å². The second-order valence-corrected chi connectivity index (χ2v) is 4.89. The van der Waals surface area contributed by atoms with E-state index >= 15 is 0 Å². The van der Waals surface area contributed by atoms with Gasteiger partial charge in [0.25, 0.3) is 0 Å². The van der Waals surface area contributed by atoms with E-state index in [1.807, 2.05) is 7.05 Å². The first-order valence-electron chi connectivity index (χ1n) is 6.45. The van der Waals surface area contributed by atoms with Crippen LogP contribution in [0.5, 0.6) is 0 Å². The Morgan fingerprint density at radius 3 is 3.06 bits per heavy atom. The fourth-order valence-corrected chi connectivity index (χ4v) is 2.61. The molecule has 2 heterocycles. The summed E-state index contributed by atoms with van der Waals surface area (Å²) in [4.78, 5) is 2.53. The van der Waals surface area contributed by atoms with Crippen LogP contribution in [0, 0.1) is 5.92 Å². The minimum atomic E-state index is 0.364. The van der Waals surface area contributed by atoms with Crippen molar-refractivity contribution in [3.63, 3.8) is 0 Å². The molecule has 2 unspecified atom stereocenters. The van der Waals surface area contributed by atoms with E-state index in [-0.39, 0.29) is 0 Å². The Morgan fingerprint density at radius 2 is 2.31 bits per heavy atom. The molecular weight excluding hydrogens is 204 g/mol. The third-order valence-electron chi connectivity index (χ3n) is 3.43. The van der Waals surface area contributed by atoms with Gasteiger partial charge >= 0.3 is 0 Å². The Balaban J connectivity index is 1.71. The second-order valence-electron chi connectivity index (χ2n) is 4.89. The van der Waals surface area contributed by atoms with Crippen molar-refractivity contribution in [1.82, 2.24) is 10.2 Å². The van der Waals surface area contributed by atoms with E-state index in [4.69, 9.17) is 9.47 Å². The number of nitrogens with one attached hydrogen (secondary N) is 1. The van der Waals surface area contributed by atoms with Crippen LogP contribution in [0.1, 0.15) is 12.8 Å². The van der Waals surface area contributed by atoms with Crippen molar-refractivity contribution in [2.75, 3.05) is 53.0 Å². The fourth-order valence-electron chi connectivity index (χ4n) is 2.61. The van der Waals surface area contributed by atoms with E-state index in [0.29, 0.717) is 6.10 Å². The number of ether oxygens (including phenoxy) is 2. The number of nitrogens with zero attached hydrogens (tertiary/aromatic N) is 1. The molecule has 94 valence electrons. The lowest BCUT2D eigenvalue weighted by Crippen LogP contribution is -2.48. The Hall–Kier alpha value is -0.160. The molecule has 2 saturated heterocycles. The lowest BCUT2D eigenvalue weighted by atomic mass is 10.0. The highest BCUT2D eigenvalue weighted by Crippen LogP contribution is 2.16. The standard InChI is InChI=1S/C12H24N2O2/c1-13-7-12-9-14(4-6-16-12)8-11-3-2-5-15-10-11/h11-13H,2-10H2,1H3. The molecule has 2 atom stereocenters. The Kier molecular flexibility index (Phi) is 5.03. The zero-order valence-electron chi connectivity index (χ0n) is 10.3. The van der Waals surface area contributed by atoms with E-state index in [0.717, 1.165) is 45.4 Å². The van der Waals surface area contributed by atoms with Gasteiger partial charge in [0, 0.05) is 32.8 Å². The van der Waals surface area contributed by atoms with Gasteiger partial charge in [0.15, 0.2) is 0 Å². The average molecular weight is 228 g/mol. The highest BCUT2D eigenvalue weighted by atomic mass is 16.5. The monoisotopic (exact) mass is 228 g/mol. The predicted molar refractivity (Wildman–Crippen MR) is 63.6 cm³/mol.